The van der Waals surface area contributed by atoms with Crippen LogP contribution in [-0.2, 0) is 18.0 Å². The third kappa shape index (κ3) is 3.66. The Labute approximate surface area is 166 Å². The van der Waals surface area contributed by atoms with Gasteiger partial charge in [0.05, 0.1) is 24.0 Å². The maximum absolute atomic E-state index is 12.9. The topological polar surface area (TPSA) is 50.2 Å². The number of nitrogens with one attached hydrogen (secondary N) is 1. The summed E-state index contributed by atoms with van der Waals surface area (Å²) in [4.78, 5) is 17.3. The molecule has 0 spiro atoms. The smallest absolute Gasteiger partial charge is 0.361 e. The average Bonchev–Trinajstić information content (AvgIpc) is 3.24. The SMILES string of the molecule is CC(=O)N[C@@H]1CCN(c2ccc(C(F)(F)F)nc2)[C@@H]1c1ccc2c(ccn2C)c1. The van der Waals surface area contributed by atoms with Crippen molar-refractivity contribution in [2.24, 2.45) is 7.05 Å². The number of fused-ring (bicyclic) bond motifs is 1. The van der Waals surface area contributed by atoms with Gasteiger partial charge in [0.2, 0.25) is 5.91 Å². The molecule has 1 aliphatic heterocycles. The number of carbonyl (C=O) groups excluding carboxylic acids is 1. The Bertz CT molecular complexity index is 1040. The Hall–Kier alpha value is -3.03. The largest absolute Gasteiger partial charge is 0.433 e. The first-order valence-corrected chi connectivity index (χ1v) is 9.36. The number of benzene rings is 1. The average molecular weight is 402 g/mol. The highest BCUT2D eigenvalue weighted by Crippen LogP contribution is 2.38. The quantitative estimate of drug-likeness (QED) is 0.719. The molecule has 8 heteroatoms. The number of hydrogen-bond donors (Lipinski definition) is 1. The molecule has 1 aliphatic rings. The highest BCUT2D eigenvalue weighted by atomic mass is 19.4. The van der Waals surface area contributed by atoms with Crippen LogP contribution in [0.3, 0.4) is 0 Å². The van der Waals surface area contributed by atoms with Gasteiger partial charge < -0.3 is 14.8 Å². The van der Waals surface area contributed by atoms with Crippen molar-refractivity contribution in [3.63, 3.8) is 0 Å². The van der Waals surface area contributed by atoms with E-state index >= 15 is 0 Å². The molecular formula is C21H21F3N4O. The Morgan fingerprint density at radius 2 is 2.00 bits per heavy atom. The van der Waals surface area contributed by atoms with Gasteiger partial charge in [0.1, 0.15) is 5.69 Å². The lowest BCUT2D eigenvalue weighted by Crippen LogP contribution is -2.38. The number of rotatable bonds is 3. The van der Waals surface area contributed by atoms with E-state index in [-0.39, 0.29) is 18.0 Å². The number of anilines is 1. The minimum atomic E-state index is -4.47. The third-order valence-corrected chi connectivity index (χ3v) is 5.41. The molecule has 1 aromatic carbocycles. The number of aromatic nitrogens is 2. The maximum atomic E-state index is 12.9. The summed E-state index contributed by atoms with van der Waals surface area (Å²) in [5.41, 5.74) is 1.77. The summed E-state index contributed by atoms with van der Waals surface area (Å²) in [7, 11) is 1.97. The second-order valence-electron chi connectivity index (χ2n) is 7.38. The van der Waals surface area contributed by atoms with Crippen LogP contribution < -0.4 is 10.2 Å². The number of carbonyl (C=O) groups is 1. The molecule has 2 atom stereocenters. The van der Waals surface area contributed by atoms with Crippen LogP contribution in [0.4, 0.5) is 18.9 Å². The molecule has 1 fully saturated rings. The van der Waals surface area contributed by atoms with E-state index in [2.05, 4.69) is 16.4 Å². The standard InChI is InChI=1S/C21H21F3N4O/c1-13(29)26-17-8-10-28(16-4-6-19(25-12-16)21(22,23)24)20(17)15-3-5-18-14(11-15)7-9-27(18)2/h3-7,9,11-12,17,20H,8,10H2,1-2H3,(H,26,29)/t17-,20-/m1/s1. The van der Waals surface area contributed by atoms with E-state index in [1.54, 1.807) is 0 Å². The van der Waals surface area contributed by atoms with Crippen molar-refractivity contribution in [3.05, 3.63) is 60.0 Å². The first kappa shape index (κ1) is 19.3. The van der Waals surface area contributed by atoms with Crippen molar-refractivity contribution in [2.75, 3.05) is 11.4 Å². The van der Waals surface area contributed by atoms with Gasteiger partial charge >= 0.3 is 6.18 Å². The summed E-state index contributed by atoms with van der Waals surface area (Å²) in [6.07, 6.45) is -0.545. The number of amides is 1. The number of hydrogen-bond acceptors (Lipinski definition) is 3. The summed E-state index contributed by atoms with van der Waals surface area (Å²) in [5.74, 6) is -0.131. The molecule has 0 bridgehead atoms. The maximum Gasteiger partial charge on any atom is 0.433 e. The van der Waals surface area contributed by atoms with Crippen molar-refractivity contribution in [3.8, 4) is 0 Å². The van der Waals surface area contributed by atoms with Crippen molar-refractivity contribution >= 4 is 22.5 Å². The first-order valence-electron chi connectivity index (χ1n) is 9.36. The van der Waals surface area contributed by atoms with E-state index in [0.29, 0.717) is 18.7 Å². The minimum Gasteiger partial charge on any atom is -0.361 e. The second kappa shape index (κ2) is 7.09. The fraction of sp³-hybridized carbons (Fsp3) is 0.333. The number of aryl methyl sites for hydroxylation is 1. The van der Waals surface area contributed by atoms with E-state index in [0.717, 1.165) is 22.5 Å². The van der Waals surface area contributed by atoms with Crippen LogP contribution in [-0.4, -0.2) is 28.0 Å². The van der Waals surface area contributed by atoms with Crippen LogP contribution in [0, 0.1) is 0 Å². The van der Waals surface area contributed by atoms with Crippen LogP contribution in [0.2, 0.25) is 0 Å². The van der Waals surface area contributed by atoms with Gasteiger partial charge in [-0.3, -0.25) is 4.79 Å². The molecule has 1 saturated heterocycles. The van der Waals surface area contributed by atoms with Crippen molar-refractivity contribution in [2.45, 2.75) is 31.6 Å². The van der Waals surface area contributed by atoms with Gasteiger partial charge in [-0.25, -0.2) is 4.98 Å². The van der Waals surface area contributed by atoms with E-state index in [9.17, 15) is 18.0 Å². The van der Waals surface area contributed by atoms with Crippen molar-refractivity contribution in [1.29, 1.82) is 0 Å². The zero-order valence-corrected chi connectivity index (χ0v) is 16.1. The summed E-state index contributed by atoms with van der Waals surface area (Å²) in [5, 5.41) is 4.07. The van der Waals surface area contributed by atoms with Gasteiger partial charge in [-0.2, -0.15) is 13.2 Å². The Kier molecular flexibility index (Phi) is 4.72. The van der Waals surface area contributed by atoms with Crippen molar-refractivity contribution < 1.29 is 18.0 Å². The lowest BCUT2D eigenvalue weighted by atomic mass is 9.98. The van der Waals surface area contributed by atoms with Gasteiger partial charge in [0.15, 0.2) is 0 Å². The summed E-state index contributed by atoms with van der Waals surface area (Å²) in [6, 6.07) is 10.2. The highest BCUT2D eigenvalue weighted by molar-refractivity contribution is 5.81. The molecule has 1 amide bonds. The zero-order chi connectivity index (χ0) is 20.8. The summed E-state index contributed by atoms with van der Waals surface area (Å²) in [6.45, 7) is 2.08. The fourth-order valence-corrected chi connectivity index (χ4v) is 4.11. The molecule has 152 valence electrons. The van der Waals surface area contributed by atoms with Gasteiger partial charge in [-0.15, -0.1) is 0 Å². The van der Waals surface area contributed by atoms with Gasteiger partial charge in [0, 0.05) is 32.2 Å². The molecule has 0 aliphatic carbocycles. The molecule has 0 saturated carbocycles. The lowest BCUT2D eigenvalue weighted by molar-refractivity contribution is -0.141. The van der Waals surface area contributed by atoms with E-state index in [4.69, 9.17) is 0 Å². The highest BCUT2D eigenvalue weighted by Gasteiger charge is 2.37. The minimum absolute atomic E-state index is 0.131. The monoisotopic (exact) mass is 402 g/mol. The summed E-state index contributed by atoms with van der Waals surface area (Å²) >= 11 is 0. The van der Waals surface area contributed by atoms with Crippen molar-refractivity contribution in [1.82, 2.24) is 14.9 Å². The fourth-order valence-electron chi connectivity index (χ4n) is 4.11. The molecule has 1 N–H and O–H groups in total. The molecule has 3 aromatic rings. The predicted molar refractivity (Wildman–Crippen MR) is 104 cm³/mol. The predicted octanol–water partition coefficient (Wildman–Crippen LogP) is 4.05. The molecule has 5 nitrogen and oxygen atoms in total. The van der Waals surface area contributed by atoms with Gasteiger partial charge in [0.25, 0.3) is 0 Å². The zero-order valence-electron chi connectivity index (χ0n) is 16.1. The van der Waals surface area contributed by atoms with Crippen LogP contribution in [0.5, 0.6) is 0 Å². The van der Waals surface area contributed by atoms with Crippen LogP contribution in [0.15, 0.2) is 48.8 Å². The van der Waals surface area contributed by atoms with E-state index < -0.39 is 11.9 Å². The Balaban J connectivity index is 1.72. The summed E-state index contributed by atoms with van der Waals surface area (Å²) < 4.78 is 40.6. The molecule has 0 radical (unpaired) electrons. The van der Waals surface area contributed by atoms with Crippen LogP contribution >= 0.6 is 0 Å². The first-order chi connectivity index (χ1) is 13.7. The number of pyridine rings is 1. The lowest BCUT2D eigenvalue weighted by Gasteiger charge is -2.30. The van der Waals surface area contributed by atoms with Crippen LogP contribution in [0.25, 0.3) is 10.9 Å². The molecule has 2 aromatic heterocycles. The second-order valence-corrected chi connectivity index (χ2v) is 7.38. The van der Waals surface area contributed by atoms with Gasteiger partial charge in [-0.05, 0) is 47.7 Å². The van der Waals surface area contributed by atoms with Crippen LogP contribution in [0.1, 0.15) is 30.6 Å². The molecule has 4 rings (SSSR count). The molecular weight excluding hydrogens is 381 g/mol. The molecule has 0 unspecified atom stereocenters. The third-order valence-electron chi connectivity index (χ3n) is 5.41. The van der Waals surface area contributed by atoms with Gasteiger partial charge in [-0.1, -0.05) is 6.07 Å². The number of halogens is 3. The molecule has 3 heterocycles. The normalized spacial score (nSPS) is 19.7. The Morgan fingerprint density at radius 1 is 1.21 bits per heavy atom. The van der Waals surface area contributed by atoms with E-state index in [1.165, 1.54) is 19.2 Å². The number of nitrogens with zero attached hydrogens (tertiary/aromatic N) is 3. The number of alkyl halides is 3. The molecule has 29 heavy (non-hydrogen) atoms. The van der Waals surface area contributed by atoms with E-state index in [1.807, 2.05) is 40.9 Å². The Morgan fingerprint density at radius 3 is 2.66 bits per heavy atom.